The van der Waals surface area contributed by atoms with Crippen LogP contribution in [0.25, 0.3) is 0 Å². The van der Waals surface area contributed by atoms with Crippen molar-refractivity contribution in [2.24, 2.45) is 11.8 Å². The second-order valence-corrected chi connectivity index (χ2v) is 4.22. The summed E-state index contributed by atoms with van der Waals surface area (Å²) in [6, 6.07) is 0. The molecule has 0 aromatic carbocycles. The number of rotatable bonds is 0. The first-order valence-electron chi connectivity index (χ1n) is 5.06. The topological polar surface area (TPSA) is 20.2 Å². The largest absolute Gasteiger partial charge is 0.393 e. The van der Waals surface area contributed by atoms with E-state index in [1.807, 2.05) is 0 Å². The number of hydrogen-bond donors (Lipinski definition) is 1. The molecular formula is C10H18O. The Morgan fingerprint density at radius 3 is 2.36 bits per heavy atom. The zero-order valence-electron chi connectivity index (χ0n) is 7.13. The summed E-state index contributed by atoms with van der Waals surface area (Å²) in [5.41, 5.74) is 0. The van der Waals surface area contributed by atoms with Gasteiger partial charge in [-0.2, -0.15) is 0 Å². The van der Waals surface area contributed by atoms with Gasteiger partial charge in [0, 0.05) is 0 Å². The van der Waals surface area contributed by atoms with Crippen LogP contribution in [-0.2, 0) is 0 Å². The highest BCUT2D eigenvalue weighted by molar-refractivity contribution is 4.89. The molecule has 2 rings (SSSR count). The zero-order chi connectivity index (χ0) is 7.68. The molecule has 0 saturated heterocycles. The standard InChI is InChI=1S/C10H18O/c11-10-7-8-5-3-1-2-4-6-9(8)10/h8-11H,1-7H2/t8-,9+,10+/m1/s1. The molecule has 0 bridgehead atoms. The highest BCUT2D eigenvalue weighted by atomic mass is 16.3. The summed E-state index contributed by atoms with van der Waals surface area (Å²) < 4.78 is 0. The van der Waals surface area contributed by atoms with Crippen LogP contribution < -0.4 is 0 Å². The van der Waals surface area contributed by atoms with Gasteiger partial charge in [-0.25, -0.2) is 0 Å². The molecule has 0 radical (unpaired) electrons. The van der Waals surface area contributed by atoms with Crippen LogP contribution in [0, 0.1) is 11.8 Å². The van der Waals surface area contributed by atoms with Crippen LogP contribution in [0.2, 0.25) is 0 Å². The van der Waals surface area contributed by atoms with Gasteiger partial charge in [0.05, 0.1) is 6.10 Å². The normalized spacial score (nSPS) is 45.0. The highest BCUT2D eigenvalue weighted by Crippen LogP contribution is 2.42. The lowest BCUT2D eigenvalue weighted by molar-refractivity contribution is -0.0460. The van der Waals surface area contributed by atoms with Crippen LogP contribution in [0.3, 0.4) is 0 Å². The van der Waals surface area contributed by atoms with Gasteiger partial charge in [-0.05, 0) is 31.1 Å². The van der Waals surface area contributed by atoms with E-state index >= 15 is 0 Å². The molecule has 64 valence electrons. The molecule has 1 heteroatoms. The third-order valence-electron chi connectivity index (χ3n) is 3.51. The van der Waals surface area contributed by atoms with Crippen LogP contribution in [-0.4, -0.2) is 11.2 Å². The van der Waals surface area contributed by atoms with E-state index in [-0.39, 0.29) is 6.10 Å². The molecule has 0 amide bonds. The van der Waals surface area contributed by atoms with E-state index in [0.717, 1.165) is 12.3 Å². The predicted molar refractivity (Wildman–Crippen MR) is 45.3 cm³/mol. The minimum Gasteiger partial charge on any atom is -0.393 e. The van der Waals surface area contributed by atoms with Crippen molar-refractivity contribution in [3.63, 3.8) is 0 Å². The summed E-state index contributed by atoms with van der Waals surface area (Å²) in [5.74, 6) is 1.58. The van der Waals surface area contributed by atoms with Crippen molar-refractivity contribution in [2.75, 3.05) is 0 Å². The second-order valence-electron chi connectivity index (χ2n) is 4.22. The van der Waals surface area contributed by atoms with Gasteiger partial charge >= 0.3 is 0 Å². The maximum Gasteiger partial charge on any atom is 0.0573 e. The van der Waals surface area contributed by atoms with E-state index in [2.05, 4.69) is 0 Å². The average Bonchev–Trinajstić information content (AvgIpc) is 1.96. The molecular weight excluding hydrogens is 136 g/mol. The van der Waals surface area contributed by atoms with E-state index in [1.165, 1.54) is 38.5 Å². The smallest absolute Gasteiger partial charge is 0.0573 e. The van der Waals surface area contributed by atoms with E-state index in [9.17, 15) is 5.11 Å². The van der Waals surface area contributed by atoms with Gasteiger partial charge < -0.3 is 5.11 Å². The van der Waals surface area contributed by atoms with Gasteiger partial charge in [-0.1, -0.05) is 25.7 Å². The lowest BCUT2D eigenvalue weighted by Crippen LogP contribution is -2.41. The van der Waals surface area contributed by atoms with Gasteiger partial charge in [0.15, 0.2) is 0 Å². The number of fused-ring (bicyclic) bond motifs is 1. The zero-order valence-corrected chi connectivity index (χ0v) is 7.13. The van der Waals surface area contributed by atoms with Crippen molar-refractivity contribution < 1.29 is 5.11 Å². The first-order chi connectivity index (χ1) is 5.38. The highest BCUT2D eigenvalue weighted by Gasteiger charge is 2.38. The van der Waals surface area contributed by atoms with Gasteiger partial charge in [0.1, 0.15) is 0 Å². The maximum absolute atomic E-state index is 9.46. The number of aliphatic hydroxyl groups excluding tert-OH is 1. The van der Waals surface area contributed by atoms with Crippen LogP contribution in [0.1, 0.15) is 44.9 Å². The Kier molecular flexibility index (Phi) is 2.17. The molecule has 2 fully saturated rings. The predicted octanol–water partition coefficient (Wildman–Crippen LogP) is 2.34. The minimum atomic E-state index is 0.0677. The van der Waals surface area contributed by atoms with Gasteiger partial charge in [0.2, 0.25) is 0 Å². The third kappa shape index (κ3) is 1.44. The van der Waals surface area contributed by atoms with Gasteiger partial charge in [-0.3, -0.25) is 0 Å². The molecule has 1 nitrogen and oxygen atoms in total. The maximum atomic E-state index is 9.46. The molecule has 0 spiro atoms. The van der Waals surface area contributed by atoms with Crippen molar-refractivity contribution in [3.8, 4) is 0 Å². The molecule has 0 aromatic rings. The SMILES string of the molecule is O[C@H]1C[C@H]2CCCCCC[C@@H]21. The van der Waals surface area contributed by atoms with Crippen LogP contribution in [0.5, 0.6) is 0 Å². The summed E-state index contributed by atoms with van der Waals surface area (Å²) in [4.78, 5) is 0. The van der Waals surface area contributed by atoms with Crippen molar-refractivity contribution in [1.29, 1.82) is 0 Å². The average molecular weight is 154 g/mol. The van der Waals surface area contributed by atoms with E-state index < -0.39 is 0 Å². The fourth-order valence-electron chi connectivity index (χ4n) is 2.68. The molecule has 2 aliphatic rings. The Morgan fingerprint density at radius 2 is 1.64 bits per heavy atom. The summed E-state index contributed by atoms with van der Waals surface area (Å²) >= 11 is 0. The molecule has 0 aromatic heterocycles. The van der Waals surface area contributed by atoms with E-state index in [0.29, 0.717) is 5.92 Å². The quantitative estimate of drug-likeness (QED) is 0.568. The molecule has 3 atom stereocenters. The molecule has 11 heavy (non-hydrogen) atoms. The lowest BCUT2D eigenvalue weighted by Gasteiger charge is -2.43. The van der Waals surface area contributed by atoms with Crippen molar-refractivity contribution >= 4 is 0 Å². The Labute approximate surface area is 68.8 Å². The fraction of sp³-hybridized carbons (Fsp3) is 1.00. The number of aliphatic hydroxyl groups is 1. The summed E-state index contributed by atoms with van der Waals surface area (Å²) in [5, 5.41) is 9.46. The fourth-order valence-corrected chi connectivity index (χ4v) is 2.68. The van der Waals surface area contributed by atoms with E-state index in [4.69, 9.17) is 0 Å². The molecule has 0 aliphatic heterocycles. The van der Waals surface area contributed by atoms with Gasteiger partial charge in [0.25, 0.3) is 0 Å². The Hall–Kier alpha value is -0.0400. The van der Waals surface area contributed by atoms with Crippen molar-refractivity contribution in [3.05, 3.63) is 0 Å². The molecule has 2 saturated carbocycles. The second kappa shape index (κ2) is 3.14. The number of hydrogen-bond acceptors (Lipinski definition) is 1. The van der Waals surface area contributed by atoms with Crippen molar-refractivity contribution in [1.82, 2.24) is 0 Å². The van der Waals surface area contributed by atoms with Crippen LogP contribution >= 0.6 is 0 Å². The first-order valence-corrected chi connectivity index (χ1v) is 5.06. The van der Waals surface area contributed by atoms with Crippen molar-refractivity contribution in [2.45, 2.75) is 51.0 Å². The van der Waals surface area contributed by atoms with E-state index in [1.54, 1.807) is 0 Å². The van der Waals surface area contributed by atoms with Crippen LogP contribution in [0.4, 0.5) is 0 Å². The summed E-state index contributed by atoms with van der Waals surface area (Å²) in [7, 11) is 0. The monoisotopic (exact) mass is 154 g/mol. The molecule has 0 unspecified atom stereocenters. The van der Waals surface area contributed by atoms with Gasteiger partial charge in [-0.15, -0.1) is 0 Å². The summed E-state index contributed by atoms with van der Waals surface area (Å²) in [6.45, 7) is 0. The Balaban J connectivity index is 1.87. The first kappa shape index (κ1) is 7.60. The minimum absolute atomic E-state index is 0.0677. The lowest BCUT2D eigenvalue weighted by atomic mass is 9.65. The Bertz CT molecular complexity index is 133. The Morgan fingerprint density at radius 1 is 0.909 bits per heavy atom. The van der Waals surface area contributed by atoms with Crippen LogP contribution in [0.15, 0.2) is 0 Å². The molecule has 1 N–H and O–H groups in total. The third-order valence-corrected chi connectivity index (χ3v) is 3.51. The molecule has 0 heterocycles. The summed E-state index contributed by atoms with van der Waals surface area (Å²) in [6.07, 6.45) is 9.46. The molecule has 2 aliphatic carbocycles.